The van der Waals surface area contributed by atoms with E-state index in [1.54, 1.807) is 36.5 Å². The second kappa shape index (κ2) is 6.05. The molecule has 0 atom stereocenters. The summed E-state index contributed by atoms with van der Waals surface area (Å²) in [4.78, 5) is 8.59. The largest absolute Gasteiger partial charge is 0.508 e. The van der Waals surface area contributed by atoms with Crippen molar-refractivity contribution in [3.63, 3.8) is 0 Å². The standard InChI is InChI=1S/C17H14N2O2/c20-15-8-6-14(7-9-15)17-18-11-10-16(19-17)21-12-13-4-2-1-3-5-13/h1-11,20H,12H2. The first-order valence-electron chi connectivity index (χ1n) is 6.60. The van der Waals surface area contributed by atoms with Crippen molar-refractivity contribution < 1.29 is 9.84 Å². The molecule has 0 aliphatic heterocycles. The number of phenolic OH excluding ortho intramolecular Hbond substituents is 1. The van der Waals surface area contributed by atoms with Gasteiger partial charge < -0.3 is 9.84 Å². The van der Waals surface area contributed by atoms with Gasteiger partial charge in [0.1, 0.15) is 12.4 Å². The lowest BCUT2D eigenvalue weighted by Crippen LogP contribution is -1.98. The summed E-state index contributed by atoms with van der Waals surface area (Å²) < 4.78 is 5.68. The highest BCUT2D eigenvalue weighted by Crippen LogP contribution is 2.20. The minimum absolute atomic E-state index is 0.218. The summed E-state index contributed by atoms with van der Waals surface area (Å²) in [5, 5.41) is 9.30. The van der Waals surface area contributed by atoms with Crippen LogP contribution in [0.1, 0.15) is 5.56 Å². The van der Waals surface area contributed by atoms with Gasteiger partial charge in [0.25, 0.3) is 0 Å². The molecule has 0 spiro atoms. The average molecular weight is 278 g/mol. The van der Waals surface area contributed by atoms with E-state index in [2.05, 4.69) is 9.97 Å². The molecular weight excluding hydrogens is 264 g/mol. The number of hydrogen-bond donors (Lipinski definition) is 1. The van der Waals surface area contributed by atoms with E-state index in [-0.39, 0.29) is 5.75 Å². The van der Waals surface area contributed by atoms with Crippen LogP contribution in [-0.2, 0) is 6.61 Å². The maximum Gasteiger partial charge on any atom is 0.217 e. The zero-order chi connectivity index (χ0) is 14.5. The molecule has 0 amide bonds. The molecule has 3 aromatic rings. The zero-order valence-electron chi connectivity index (χ0n) is 11.3. The fourth-order valence-corrected chi connectivity index (χ4v) is 1.90. The van der Waals surface area contributed by atoms with Crippen LogP contribution in [0, 0.1) is 0 Å². The van der Waals surface area contributed by atoms with Crippen molar-refractivity contribution in [2.24, 2.45) is 0 Å². The SMILES string of the molecule is Oc1ccc(-c2nccc(OCc3ccccc3)n2)cc1. The van der Waals surface area contributed by atoms with E-state index in [1.807, 2.05) is 30.3 Å². The molecule has 0 aliphatic rings. The molecule has 2 aromatic carbocycles. The predicted octanol–water partition coefficient (Wildman–Crippen LogP) is 3.43. The fraction of sp³-hybridized carbons (Fsp3) is 0.0588. The van der Waals surface area contributed by atoms with E-state index in [9.17, 15) is 5.11 Å². The van der Waals surface area contributed by atoms with Gasteiger partial charge in [-0.25, -0.2) is 4.98 Å². The first-order valence-corrected chi connectivity index (χ1v) is 6.60. The van der Waals surface area contributed by atoms with Crippen LogP contribution in [0.3, 0.4) is 0 Å². The molecule has 1 N–H and O–H groups in total. The maximum atomic E-state index is 9.30. The van der Waals surface area contributed by atoms with Crippen molar-refractivity contribution in [3.05, 3.63) is 72.4 Å². The quantitative estimate of drug-likeness (QED) is 0.794. The Morgan fingerprint density at radius 3 is 2.43 bits per heavy atom. The van der Waals surface area contributed by atoms with E-state index in [0.29, 0.717) is 18.3 Å². The van der Waals surface area contributed by atoms with Gasteiger partial charge in [-0.15, -0.1) is 0 Å². The molecule has 0 radical (unpaired) electrons. The Hall–Kier alpha value is -2.88. The lowest BCUT2D eigenvalue weighted by Gasteiger charge is -2.06. The minimum atomic E-state index is 0.218. The van der Waals surface area contributed by atoms with Gasteiger partial charge in [0.2, 0.25) is 5.88 Å². The van der Waals surface area contributed by atoms with Crippen molar-refractivity contribution in [2.75, 3.05) is 0 Å². The van der Waals surface area contributed by atoms with E-state index in [1.165, 1.54) is 0 Å². The normalized spacial score (nSPS) is 10.3. The van der Waals surface area contributed by atoms with Crippen molar-refractivity contribution >= 4 is 0 Å². The molecule has 1 heterocycles. The lowest BCUT2D eigenvalue weighted by atomic mass is 10.2. The third-order valence-corrected chi connectivity index (χ3v) is 2.99. The molecule has 4 heteroatoms. The van der Waals surface area contributed by atoms with E-state index in [4.69, 9.17) is 4.74 Å². The molecule has 0 saturated heterocycles. The van der Waals surface area contributed by atoms with Gasteiger partial charge in [-0.1, -0.05) is 30.3 Å². The Bertz CT molecular complexity index is 712. The summed E-state index contributed by atoms with van der Waals surface area (Å²) in [7, 11) is 0. The van der Waals surface area contributed by atoms with Crippen LogP contribution >= 0.6 is 0 Å². The number of phenols is 1. The molecule has 0 bridgehead atoms. The minimum Gasteiger partial charge on any atom is -0.508 e. The topological polar surface area (TPSA) is 55.2 Å². The Morgan fingerprint density at radius 1 is 0.905 bits per heavy atom. The van der Waals surface area contributed by atoms with Gasteiger partial charge in [0.05, 0.1) is 0 Å². The van der Waals surface area contributed by atoms with Crippen LogP contribution in [0.2, 0.25) is 0 Å². The molecule has 0 aliphatic carbocycles. The van der Waals surface area contributed by atoms with Crippen LogP contribution in [0.4, 0.5) is 0 Å². The summed E-state index contributed by atoms with van der Waals surface area (Å²) in [6.45, 7) is 0.465. The molecule has 4 nitrogen and oxygen atoms in total. The van der Waals surface area contributed by atoms with Crippen LogP contribution in [-0.4, -0.2) is 15.1 Å². The summed E-state index contributed by atoms with van der Waals surface area (Å²) in [6, 6.07) is 18.4. The van der Waals surface area contributed by atoms with Crippen LogP contribution in [0.15, 0.2) is 66.9 Å². The molecule has 0 fully saturated rings. The molecule has 21 heavy (non-hydrogen) atoms. The molecule has 1 aromatic heterocycles. The highest BCUT2D eigenvalue weighted by Gasteiger charge is 2.04. The highest BCUT2D eigenvalue weighted by atomic mass is 16.5. The second-order valence-electron chi connectivity index (χ2n) is 4.54. The Labute approximate surface area is 122 Å². The predicted molar refractivity (Wildman–Crippen MR) is 79.9 cm³/mol. The van der Waals surface area contributed by atoms with Crippen molar-refractivity contribution in [1.82, 2.24) is 9.97 Å². The van der Waals surface area contributed by atoms with E-state index in [0.717, 1.165) is 11.1 Å². The molecular formula is C17H14N2O2. The lowest BCUT2D eigenvalue weighted by molar-refractivity contribution is 0.293. The Morgan fingerprint density at radius 2 is 1.67 bits per heavy atom. The molecule has 3 rings (SSSR count). The third-order valence-electron chi connectivity index (χ3n) is 2.99. The molecule has 104 valence electrons. The average Bonchev–Trinajstić information content (AvgIpc) is 2.55. The Kier molecular flexibility index (Phi) is 3.78. The smallest absolute Gasteiger partial charge is 0.217 e. The zero-order valence-corrected chi connectivity index (χ0v) is 11.3. The number of aromatic nitrogens is 2. The second-order valence-corrected chi connectivity index (χ2v) is 4.54. The van der Waals surface area contributed by atoms with Crippen molar-refractivity contribution in [3.8, 4) is 23.0 Å². The third kappa shape index (κ3) is 3.36. The monoisotopic (exact) mass is 278 g/mol. The molecule has 0 saturated carbocycles. The fourth-order valence-electron chi connectivity index (χ4n) is 1.90. The van der Waals surface area contributed by atoms with Gasteiger partial charge in [-0.3, -0.25) is 0 Å². The summed E-state index contributed by atoms with van der Waals surface area (Å²) in [6.07, 6.45) is 1.66. The van der Waals surface area contributed by atoms with Crippen molar-refractivity contribution in [1.29, 1.82) is 0 Å². The highest BCUT2D eigenvalue weighted by molar-refractivity contribution is 5.56. The number of aromatic hydroxyl groups is 1. The summed E-state index contributed by atoms with van der Waals surface area (Å²) >= 11 is 0. The van der Waals surface area contributed by atoms with Crippen molar-refractivity contribution in [2.45, 2.75) is 6.61 Å². The number of nitrogens with zero attached hydrogens (tertiary/aromatic N) is 2. The molecule has 0 unspecified atom stereocenters. The van der Waals surface area contributed by atoms with Crippen LogP contribution in [0.5, 0.6) is 11.6 Å². The number of hydrogen-bond acceptors (Lipinski definition) is 4. The van der Waals surface area contributed by atoms with Gasteiger partial charge in [-0.2, -0.15) is 4.98 Å². The maximum absolute atomic E-state index is 9.30. The Balaban J connectivity index is 1.75. The van der Waals surface area contributed by atoms with E-state index >= 15 is 0 Å². The number of benzene rings is 2. The number of ether oxygens (including phenoxy) is 1. The number of rotatable bonds is 4. The van der Waals surface area contributed by atoms with E-state index < -0.39 is 0 Å². The first kappa shape index (κ1) is 13.1. The summed E-state index contributed by atoms with van der Waals surface area (Å²) in [5.41, 5.74) is 1.92. The summed E-state index contributed by atoms with van der Waals surface area (Å²) in [5.74, 6) is 1.31. The van der Waals surface area contributed by atoms with Gasteiger partial charge in [-0.05, 0) is 29.8 Å². The van der Waals surface area contributed by atoms with Gasteiger partial charge in [0.15, 0.2) is 5.82 Å². The van der Waals surface area contributed by atoms with Gasteiger partial charge in [0, 0.05) is 17.8 Å². The van der Waals surface area contributed by atoms with Crippen LogP contribution in [0.25, 0.3) is 11.4 Å². The van der Waals surface area contributed by atoms with Gasteiger partial charge >= 0.3 is 0 Å². The first-order chi connectivity index (χ1) is 10.3. The van der Waals surface area contributed by atoms with Crippen LogP contribution < -0.4 is 4.74 Å².